The number of aryl methyl sites for hydroxylation is 1. The van der Waals surface area contributed by atoms with Crippen molar-refractivity contribution in [3.63, 3.8) is 0 Å². The summed E-state index contributed by atoms with van der Waals surface area (Å²) in [5, 5.41) is 0. The molecule has 82 valence electrons. The molecule has 2 rings (SSSR count). The molecule has 0 N–H and O–H groups in total. The minimum Gasteiger partial charge on any atom is -0.493 e. The molecule has 1 aromatic carbocycles. The Morgan fingerprint density at radius 1 is 1.07 bits per heavy atom. The standard InChI is InChI=1S/C12H16O3/c1-13-10-5-4-8-6-11(14-2)12(15-3)7-9(8)10/h6-7,10H,4-5H2,1-3H3. The van der Waals surface area contributed by atoms with E-state index >= 15 is 0 Å². The van der Waals surface area contributed by atoms with Gasteiger partial charge >= 0.3 is 0 Å². The molecule has 3 heteroatoms. The van der Waals surface area contributed by atoms with E-state index in [1.165, 1.54) is 11.1 Å². The van der Waals surface area contributed by atoms with Crippen molar-refractivity contribution in [2.24, 2.45) is 0 Å². The van der Waals surface area contributed by atoms with Crippen molar-refractivity contribution in [1.29, 1.82) is 0 Å². The zero-order valence-electron chi connectivity index (χ0n) is 9.37. The van der Waals surface area contributed by atoms with Gasteiger partial charge in [0, 0.05) is 7.11 Å². The molecule has 0 aromatic heterocycles. The number of ether oxygens (including phenoxy) is 3. The van der Waals surface area contributed by atoms with Crippen LogP contribution in [0.4, 0.5) is 0 Å². The fourth-order valence-corrected chi connectivity index (χ4v) is 2.14. The van der Waals surface area contributed by atoms with Crippen LogP contribution in [0.3, 0.4) is 0 Å². The third kappa shape index (κ3) is 1.67. The monoisotopic (exact) mass is 208 g/mol. The first-order valence-electron chi connectivity index (χ1n) is 5.07. The first-order valence-corrected chi connectivity index (χ1v) is 5.07. The van der Waals surface area contributed by atoms with Gasteiger partial charge in [0.2, 0.25) is 0 Å². The summed E-state index contributed by atoms with van der Waals surface area (Å²) in [6.45, 7) is 0. The summed E-state index contributed by atoms with van der Waals surface area (Å²) in [6, 6.07) is 4.07. The van der Waals surface area contributed by atoms with E-state index in [1.807, 2.05) is 12.1 Å². The van der Waals surface area contributed by atoms with Crippen molar-refractivity contribution in [3.8, 4) is 11.5 Å². The van der Waals surface area contributed by atoms with Crippen LogP contribution in [-0.2, 0) is 11.2 Å². The second kappa shape index (κ2) is 4.11. The first-order chi connectivity index (χ1) is 7.30. The maximum absolute atomic E-state index is 5.41. The summed E-state index contributed by atoms with van der Waals surface area (Å²) in [5.41, 5.74) is 2.54. The highest BCUT2D eigenvalue weighted by atomic mass is 16.5. The minimum absolute atomic E-state index is 0.208. The van der Waals surface area contributed by atoms with E-state index < -0.39 is 0 Å². The van der Waals surface area contributed by atoms with Crippen molar-refractivity contribution in [3.05, 3.63) is 23.3 Å². The van der Waals surface area contributed by atoms with Crippen LogP contribution in [0.25, 0.3) is 0 Å². The lowest BCUT2D eigenvalue weighted by Crippen LogP contribution is -1.98. The molecule has 1 aromatic rings. The van der Waals surface area contributed by atoms with E-state index in [9.17, 15) is 0 Å². The first kappa shape index (κ1) is 10.3. The van der Waals surface area contributed by atoms with Gasteiger partial charge in [-0.2, -0.15) is 0 Å². The van der Waals surface area contributed by atoms with Crippen LogP contribution in [0.1, 0.15) is 23.7 Å². The van der Waals surface area contributed by atoms with Gasteiger partial charge in [-0.05, 0) is 36.1 Å². The van der Waals surface area contributed by atoms with E-state index in [0.717, 1.165) is 24.3 Å². The molecule has 0 saturated heterocycles. The Labute approximate surface area is 90.0 Å². The average Bonchev–Trinajstić information content (AvgIpc) is 2.68. The van der Waals surface area contributed by atoms with Gasteiger partial charge in [-0.3, -0.25) is 0 Å². The van der Waals surface area contributed by atoms with Crippen LogP contribution in [0.2, 0.25) is 0 Å². The Morgan fingerprint density at radius 2 is 1.73 bits per heavy atom. The Balaban J connectivity index is 2.44. The number of fused-ring (bicyclic) bond motifs is 1. The Bertz CT molecular complexity index is 360. The number of hydrogen-bond donors (Lipinski definition) is 0. The van der Waals surface area contributed by atoms with Crippen LogP contribution >= 0.6 is 0 Å². The zero-order valence-corrected chi connectivity index (χ0v) is 9.37. The molecule has 0 fully saturated rings. The second-order valence-electron chi connectivity index (χ2n) is 3.67. The average molecular weight is 208 g/mol. The molecule has 0 heterocycles. The van der Waals surface area contributed by atoms with E-state index in [0.29, 0.717) is 0 Å². The number of hydrogen-bond acceptors (Lipinski definition) is 3. The van der Waals surface area contributed by atoms with Crippen molar-refractivity contribution in [2.45, 2.75) is 18.9 Å². The van der Waals surface area contributed by atoms with Gasteiger partial charge in [-0.1, -0.05) is 0 Å². The number of methoxy groups -OCH3 is 3. The third-order valence-corrected chi connectivity index (χ3v) is 2.95. The minimum atomic E-state index is 0.208. The van der Waals surface area contributed by atoms with Crippen molar-refractivity contribution in [2.75, 3.05) is 21.3 Å². The summed E-state index contributed by atoms with van der Waals surface area (Å²) in [5.74, 6) is 1.58. The van der Waals surface area contributed by atoms with Crippen LogP contribution in [-0.4, -0.2) is 21.3 Å². The van der Waals surface area contributed by atoms with Gasteiger partial charge in [0.15, 0.2) is 11.5 Å². The molecule has 0 amide bonds. The molecule has 1 aliphatic carbocycles. The van der Waals surface area contributed by atoms with Crippen LogP contribution in [0, 0.1) is 0 Å². The highest BCUT2D eigenvalue weighted by Crippen LogP contribution is 2.40. The quantitative estimate of drug-likeness (QED) is 0.763. The van der Waals surface area contributed by atoms with Crippen molar-refractivity contribution in [1.82, 2.24) is 0 Å². The predicted octanol–water partition coefficient (Wildman–Crippen LogP) is 2.34. The Kier molecular flexibility index (Phi) is 2.82. The topological polar surface area (TPSA) is 27.7 Å². The van der Waals surface area contributed by atoms with Crippen molar-refractivity contribution < 1.29 is 14.2 Å². The molecule has 0 aliphatic heterocycles. The molecule has 1 unspecified atom stereocenters. The lowest BCUT2D eigenvalue weighted by molar-refractivity contribution is 0.105. The summed E-state index contributed by atoms with van der Waals surface area (Å²) < 4.78 is 16.0. The molecule has 0 saturated carbocycles. The molecular weight excluding hydrogens is 192 g/mol. The summed E-state index contributed by atoms with van der Waals surface area (Å²) in [4.78, 5) is 0. The molecule has 0 bridgehead atoms. The van der Waals surface area contributed by atoms with Crippen LogP contribution < -0.4 is 9.47 Å². The fourth-order valence-electron chi connectivity index (χ4n) is 2.14. The van der Waals surface area contributed by atoms with E-state index in [4.69, 9.17) is 14.2 Å². The molecule has 1 aliphatic rings. The zero-order chi connectivity index (χ0) is 10.8. The molecule has 0 radical (unpaired) electrons. The van der Waals surface area contributed by atoms with Gasteiger partial charge in [-0.15, -0.1) is 0 Å². The molecule has 3 nitrogen and oxygen atoms in total. The third-order valence-electron chi connectivity index (χ3n) is 2.95. The van der Waals surface area contributed by atoms with Crippen molar-refractivity contribution >= 4 is 0 Å². The van der Waals surface area contributed by atoms with Crippen LogP contribution in [0.15, 0.2) is 12.1 Å². The molecule has 15 heavy (non-hydrogen) atoms. The SMILES string of the molecule is COc1cc2c(cc1OC)C(OC)CC2. The second-order valence-corrected chi connectivity index (χ2v) is 3.67. The maximum atomic E-state index is 5.41. The smallest absolute Gasteiger partial charge is 0.161 e. The Hall–Kier alpha value is -1.22. The molecule has 1 atom stereocenters. The van der Waals surface area contributed by atoms with E-state index in [2.05, 4.69) is 0 Å². The highest BCUT2D eigenvalue weighted by Gasteiger charge is 2.24. The lowest BCUT2D eigenvalue weighted by Gasteiger charge is -2.13. The summed E-state index contributed by atoms with van der Waals surface area (Å²) >= 11 is 0. The van der Waals surface area contributed by atoms with Gasteiger partial charge in [0.05, 0.1) is 20.3 Å². The summed E-state index contributed by atoms with van der Waals surface area (Å²) in [7, 11) is 5.06. The van der Waals surface area contributed by atoms with E-state index in [-0.39, 0.29) is 6.10 Å². The highest BCUT2D eigenvalue weighted by molar-refractivity contribution is 5.49. The maximum Gasteiger partial charge on any atom is 0.161 e. The Morgan fingerprint density at radius 3 is 2.33 bits per heavy atom. The lowest BCUT2D eigenvalue weighted by atomic mass is 10.1. The van der Waals surface area contributed by atoms with Gasteiger partial charge in [-0.25, -0.2) is 0 Å². The largest absolute Gasteiger partial charge is 0.493 e. The fraction of sp³-hybridized carbons (Fsp3) is 0.500. The van der Waals surface area contributed by atoms with Gasteiger partial charge in [0.25, 0.3) is 0 Å². The van der Waals surface area contributed by atoms with Gasteiger partial charge in [0.1, 0.15) is 0 Å². The van der Waals surface area contributed by atoms with Gasteiger partial charge < -0.3 is 14.2 Å². The van der Waals surface area contributed by atoms with Crippen LogP contribution in [0.5, 0.6) is 11.5 Å². The molecular formula is C12H16O3. The predicted molar refractivity (Wildman–Crippen MR) is 57.6 cm³/mol. The molecule has 0 spiro atoms. The number of benzene rings is 1. The summed E-state index contributed by atoms with van der Waals surface area (Å²) in [6.07, 6.45) is 2.30. The normalized spacial score (nSPS) is 18.7. The number of rotatable bonds is 3. The van der Waals surface area contributed by atoms with E-state index in [1.54, 1.807) is 21.3 Å².